The number of aliphatic hydroxyl groups excluding tert-OH is 1. The van der Waals surface area contributed by atoms with Gasteiger partial charge in [0, 0.05) is 23.7 Å². The highest BCUT2D eigenvalue weighted by Crippen LogP contribution is 2.23. The van der Waals surface area contributed by atoms with Crippen LogP contribution in [0.4, 0.5) is 0 Å². The highest BCUT2D eigenvalue weighted by Gasteiger charge is 2.21. The van der Waals surface area contributed by atoms with Gasteiger partial charge in [0.1, 0.15) is 24.2 Å². The molecule has 0 fully saturated rings. The maximum atomic E-state index is 10.5. The molecule has 3 rings (SSSR count). The van der Waals surface area contributed by atoms with Crippen molar-refractivity contribution in [3.8, 4) is 11.5 Å². The molecule has 0 aliphatic heterocycles. The Labute approximate surface area is 189 Å². The quantitative estimate of drug-likeness (QED) is 0.460. The summed E-state index contributed by atoms with van der Waals surface area (Å²) in [6, 6.07) is 17.5. The Balaban J connectivity index is 1.52. The van der Waals surface area contributed by atoms with Crippen molar-refractivity contribution in [2.24, 2.45) is 0 Å². The number of hydrogen-bond donors (Lipinski definition) is 2. The second kappa shape index (κ2) is 11.0. The number of aliphatic hydroxyl groups is 1. The third-order valence-corrected chi connectivity index (χ3v) is 5.06. The molecule has 2 N–H and O–H groups in total. The van der Waals surface area contributed by atoms with Crippen LogP contribution in [0.2, 0.25) is 0 Å². The number of nitrogens with one attached hydrogen (secondary N) is 1. The van der Waals surface area contributed by atoms with Crippen molar-refractivity contribution < 1.29 is 19.1 Å². The molecule has 0 radical (unpaired) electrons. The first-order chi connectivity index (χ1) is 15.4. The summed E-state index contributed by atoms with van der Waals surface area (Å²) >= 11 is 0. The number of rotatable bonds is 11. The number of ether oxygens (including phenoxy) is 2. The lowest BCUT2D eigenvalue weighted by molar-refractivity contribution is 0.0987. The standard InChI is InChI=1S/C26H32N2O4/c1-19-15-23(32-28-19)14-13-20-9-5-8-12-25(20)31-18-22(29)17-27-26(2,3)16-21-10-6-7-11-24(21)30-4/h5-15,22,27,29H,16-18H2,1-4H3/b14-13-. The Morgan fingerprint density at radius 1 is 1.09 bits per heavy atom. The first-order valence-electron chi connectivity index (χ1n) is 10.7. The molecule has 0 saturated heterocycles. The van der Waals surface area contributed by atoms with E-state index in [0.29, 0.717) is 18.1 Å². The summed E-state index contributed by atoms with van der Waals surface area (Å²) in [7, 11) is 1.68. The van der Waals surface area contributed by atoms with Gasteiger partial charge >= 0.3 is 0 Å². The van der Waals surface area contributed by atoms with Crippen LogP contribution < -0.4 is 14.8 Å². The molecule has 0 spiro atoms. The van der Waals surface area contributed by atoms with Gasteiger partial charge in [-0.15, -0.1) is 0 Å². The highest BCUT2D eigenvalue weighted by molar-refractivity contribution is 5.70. The monoisotopic (exact) mass is 436 g/mol. The molecule has 6 nitrogen and oxygen atoms in total. The van der Waals surface area contributed by atoms with E-state index in [1.54, 1.807) is 7.11 Å². The van der Waals surface area contributed by atoms with Gasteiger partial charge < -0.3 is 24.4 Å². The lowest BCUT2D eigenvalue weighted by Crippen LogP contribution is -2.46. The molecule has 0 aliphatic rings. The van der Waals surface area contributed by atoms with E-state index in [1.807, 2.05) is 67.6 Å². The van der Waals surface area contributed by atoms with Crippen LogP contribution in [0, 0.1) is 6.92 Å². The van der Waals surface area contributed by atoms with E-state index in [0.717, 1.165) is 29.0 Å². The minimum atomic E-state index is -0.652. The van der Waals surface area contributed by atoms with Crippen molar-refractivity contribution in [3.05, 3.63) is 77.2 Å². The maximum absolute atomic E-state index is 10.5. The third-order valence-electron chi connectivity index (χ3n) is 5.06. The number of hydrogen-bond acceptors (Lipinski definition) is 6. The van der Waals surface area contributed by atoms with E-state index in [-0.39, 0.29) is 12.1 Å². The molecule has 3 aromatic rings. The number of benzene rings is 2. The predicted molar refractivity (Wildman–Crippen MR) is 127 cm³/mol. The maximum Gasteiger partial charge on any atom is 0.159 e. The van der Waals surface area contributed by atoms with E-state index >= 15 is 0 Å². The fraction of sp³-hybridized carbons (Fsp3) is 0.346. The van der Waals surface area contributed by atoms with Gasteiger partial charge in [0.05, 0.1) is 12.8 Å². The van der Waals surface area contributed by atoms with Gasteiger partial charge in [0.2, 0.25) is 0 Å². The van der Waals surface area contributed by atoms with Gasteiger partial charge in [-0.25, -0.2) is 0 Å². The molecule has 1 atom stereocenters. The SMILES string of the molecule is COc1ccccc1CC(C)(C)NCC(O)COc1ccccc1/C=C\c1cc(C)no1. The Morgan fingerprint density at radius 2 is 1.81 bits per heavy atom. The average Bonchev–Trinajstić information content (AvgIpc) is 3.20. The zero-order valence-electron chi connectivity index (χ0n) is 19.2. The van der Waals surface area contributed by atoms with Crippen LogP contribution in [0.25, 0.3) is 12.2 Å². The number of aryl methyl sites for hydroxylation is 1. The van der Waals surface area contributed by atoms with Crippen molar-refractivity contribution in [1.82, 2.24) is 10.5 Å². The normalized spacial score (nSPS) is 12.8. The summed E-state index contributed by atoms with van der Waals surface area (Å²) in [4.78, 5) is 0. The molecule has 0 aliphatic carbocycles. The van der Waals surface area contributed by atoms with Crippen LogP contribution in [0.15, 0.2) is 59.1 Å². The average molecular weight is 437 g/mol. The molecular formula is C26H32N2O4. The fourth-order valence-corrected chi connectivity index (χ4v) is 3.41. The Kier molecular flexibility index (Phi) is 8.09. The fourth-order valence-electron chi connectivity index (χ4n) is 3.41. The van der Waals surface area contributed by atoms with E-state index in [4.69, 9.17) is 14.0 Å². The lowest BCUT2D eigenvalue weighted by atomic mass is 9.94. The summed E-state index contributed by atoms with van der Waals surface area (Å²) in [5, 5.41) is 17.8. The lowest BCUT2D eigenvalue weighted by Gasteiger charge is -2.28. The van der Waals surface area contributed by atoms with Gasteiger partial charge in [-0.05, 0) is 57.0 Å². The van der Waals surface area contributed by atoms with Gasteiger partial charge in [-0.1, -0.05) is 41.6 Å². The number of aromatic nitrogens is 1. The highest BCUT2D eigenvalue weighted by atomic mass is 16.5. The van der Waals surface area contributed by atoms with Crippen LogP contribution in [0.3, 0.4) is 0 Å². The summed E-state index contributed by atoms with van der Waals surface area (Å²) in [6.07, 6.45) is 3.89. The van der Waals surface area contributed by atoms with E-state index in [1.165, 1.54) is 0 Å². The number of β-amino-alcohol motifs (C(OH)–C–C–N with tert-alkyl or cyclic N) is 1. The minimum Gasteiger partial charge on any atom is -0.496 e. The molecule has 1 heterocycles. The molecule has 32 heavy (non-hydrogen) atoms. The van der Waals surface area contributed by atoms with Crippen LogP contribution >= 0.6 is 0 Å². The molecule has 170 valence electrons. The van der Waals surface area contributed by atoms with Gasteiger partial charge in [-0.3, -0.25) is 0 Å². The molecule has 1 aromatic heterocycles. The molecule has 0 saturated carbocycles. The number of nitrogens with zero attached hydrogens (tertiary/aromatic N) is 1. The smallest absolute Gasteiger partial charge is 0.159 e. The van der Waals surface area contributed by atoms with E-state index in [9.17, 15) is 5.11 Å². The van der Waals surface area contributed by atoms with Crippen molar-refractivity contribution >= 4 is 12.2 Å². The van der Waals surface area contributed by atoms with E-state index < -0.39 is 6.10 Å². The van der Waals surface area contributed by atoms with Gasteiger partial charge in [0.25, 0.3) is 0 Å². The van der Waals surface area contributed by atoms with Crippen LogP contribution in [0.1, 0.15) is 36.4 Å². The van der Waals surface area contributed by atoms with Crippen molar-refractivity contribution in [2.45, 2.75) is 38.8 Å². The summed E-state index contributed by atoms with van der Waals surface area (Å²) in [5.41, 5.74) is 2.64. The summed E-state index contributed by atoms with van der Waals surface area (Å²) in [5.74, 6) is 2.25. The largest absolute Gasteiger partial charge is 0.496 e. The minimum absolute atomic E-state index is 0.185. The summed E-state index contributed by atoms with van der Waals surface area (Å²) in [6.45, 7) is 6.70. The topological polar surface area (TPSA) is 76.8 Å². The van der Waals surface area contributed by atoms with Gasteiger partial charge in [-0.2, -0.15) is 0 Å². The van der Waals surface area contributed by atoms with E-state index in [2.05, 4.69) is 30.4 Å². The molecule has 2 aromatic carbocycles. The second-order valence-corrected chi connectivity index (χ2v) is 8.46. The third kappa shape index (κ3) is 6.97. The zero-order chi connectivity index (χ0) is 23.0. The van der Waals surface area contributed by atoms with Crippen molar-refractivity contribution in [1.29, 1.82) is 0 Å². The van der Waals surface area contributed by atoms with Crippen LogP contribution in [-0.2, 0) is 6.42 Å². The molecule has 1 unspecified atom stereocenters. The number of methoxy groups -OCH3 is 1. The predicted octanol–water partition coefficient (Wildman–Crippen LogP) is 4.51. The first kappa shape index (κ1) is 23.6. The van der Waals surface area contributed by atoms with Crippen LogP contribution in [0.5, 0.6) is 11.5 Å². The van der Waals surface area contributed by atoms with Crippen molar-refractivity contribution in [3.63, 3.8) is 0 Å². The molecular weight excluding hydrogens is 404 g/mol. The summed E-state index contributed by atoms with van der Waals surface area (Å²) < 4.78 is 16.6. The Hall–Kier alpha value is -3.09. The molecule has 0 bridgehead atoms. The Morgan fingerprint density at radius 3 is 2.53 bits per heavy atom. The Bertz CT molecular complexity index is 1030. The second-order valence-electron chi connectivity index (χ2n) is 8.46. The zero-order valence-corrected chi connectivity index (χ0v) is 19.2. The van der Waals surface area contributed by atoms with Crippen molar-refractivity contribution in [2.75, 3.05) is 20.3 Å². The molecule has 0 amide bonds. The van der Waals surface area contributed by atoms with Gasteiger partial charge in [0.15, 0.2) is 5.76 Å². The number of para-hydroxylation sites is 2. The molecule has 6 heteroatoms. The van der Waals surface area contributed by atoms with Crippen LogP contribution in [-0.4, -0.2) is 42.2 Å². The first-order valence-corrected chi connectivity index (χ1v) is 10.7.